The molecule has 3 N–H and O–H groups in total. The second-order valence-corrected chi connectivity index (χ2v) is 6.88. The highest BCUT2D eigenvalue weighted by Gasteiger charge is 2.15. The number of amides is 3. The van der Waals surface area contributed by atoms with Gasteiger partial charge in [0.2, 0.25) is 17.7 Å². The molecule has 29 heavy (non-hydrogen) atoms. The zero-order valence-electron chi connectivity index (χ0n) is 17.1. The number of carbonyl (C=O) groups is 3. The fraction of sp³-hybridized carbons (Fsp3) is 0.318. The summed E-state index contributed by atoms with van der Waals surface area (Å²) in [7, 11) is 0. The molecule has 0 saturated heterocycles. The molecule has 2 aromatic rings. The van der Waals surface area contributed by atoms with Crippen molar-refractivity contribution in [2.75, 3.05) is 35.6 Å². The minimum Gasteiger partial charge on any atom is -0.326 e. The van der Waals surface area contributed by atoms with E-state index in [4.69, 9.17) is 0 Å². The minimum absolute atomic E-state index is 0.114. The van der Waals surface area contributed by atoms with Crippen LogP contribution in [0.25, 0.3) is 0 Å². The fourth-order valence-electron chi connectivity index (χ4n) is 2.88. The monoisotopic (exact) mass is 396 g/mol. The normalized spacial score (nSPS) is 10.5. The van der Waals surface area contributed by atoms with Crippen LogP contribution in [0.2, 0.25) is 0 Å². The third kappa shape index (κ3) is 7.75. The summed E-state index contributed by atoms with van der Waals surface area (Å²) in [5.41, 5.74) is 3.06. The molecule has 0 aliphatic rings. The number of carbonyl (C=O) groups excluding carboxylic acids is 3. The molecule has 0 spiro atoms. The van der Waals surface area contributed by atoms with E-state index in [1.165, 1.54) is 6.92 Å². The molecular weight excluding hydrogens is 368 g/mol. The first-order valence-electron chi connectivity index (χ1n) is 9.62. The molecule has 7 heteroatoms. The Balaban J connectivity index is 1.90. The van der Waals surface area contributed by atoms with Gasteiger partial charge in [-0.2, -0.15) is 0 Å². The van der Waals surface area contributed by atoms with Gasteiger partial charge in [0.1, 0.15) is 0 Å². The largest absolute Gasteiger partial charge is 0.326 e. The lowest BCUT2D eigenvalue weighted by Crippen LogP contribution is -2.39. The van der Waals surface area contributed by atoms with E-state index in [0.717, 1.165) is 17.7 Å². The van der Waals surface area contributed by atoms with Gasteiger partial charge in [-0.25, -0.2) is 0 Å². The van der Waals surface area contributed by atoms with Crippen LogP contribution in [0.15, 0.2) is 48.5 Å². The van der Waals surface area contributed by atoms with Crippen molar-refractivity contribution < 1.29 is 14.4 Å². The van der Waals surface area contributed by atoms with Crippen molar-refractivity contribution in [2.24, 2.45) is 0 Å². The number of para-hydroxylation sites is 1. The number of nitrogens with one attached hydrogen (secondary N) is 3. The molecule has 0 bridgehead atoms. The van der Waals surface area contributed by atoms with Crippen LogP contribution in [-0.4, -0.2) is 42.3 Å². The summed E-state index contributed by atoms with van der Waals surface area (Å²) >= 11 is 0. The number of hydrogen-bond acceptors (Lipinski definition) is 4. The lowest BCUT2D eigenvalue weighted by molar-refractivity contribution is -0.120. The van der Waals surface area contributed by atoms with Crippen LogP contribution in [0.4, 0.5) is 17.1 Å². The van der Waals surface area contributed by atoms with Crippen molar-refractivity contribution in [3.63, 3.8) is 0 Å². The first kappa shape index (κ1) is 22.1. The molecule has 0 heterocycles. The number of rotatable bonds is 9. The van der Waals surface area contributed by atoms with Crippen LogP contribution in [0.3, 0.4) is 0 Å². The molecule has 0 atom stereocenters. The van der Waals surface area contributed by atoms with Gasteiger partial charge >= 0.3 is 0 Å². The van der Waals surface area contributed by atoms with Crippen LogP contribution < -0.4 is 16.0 Å². The molecule has 0 aliphatic carbocycles. The third-order valence-electron chi connectivity index (χ3n) is 4.18. The van der Waals surface area contributed by atoms with Crippen molar-refractivity contribution >= 4 is 34.8 Å². The van der Waals surface area contributed by atoms with Crippen LogP contribution >= 0.6 is 0 Å². The summed E-state index contributed by atoms with van der Waals surface area (Å²) in [4.78, 5) is 37.7. The molecule has 7 nitrogen and oxygen atoms in total. The standard InChI is InChI=1S/C22H28N4O3/c1-4-13-26(15-22(29)25-20-8-6-5-7-16(20)2)14-21(28)24-19-11-9-18(10-12-19)23-17(3)27/h5-12H,4,13-15H2,1-3H3,(H,23,27)(H,24,28)(H,25,29). The maximum absolute atomic E-state index is 12.4. The summed E-state index contributed by atoms with van der Waals surface area (Å²) in [6.45, 7) is 6.26. The van der Waals surface area contributed by atoms with Crippen LogP contribution in [0, 0.1) is 6.92 Å². The SMILES string of the molecule is CCCN(CC(=O)Nc1ccc(NC(C)=O)cc1)CC(=O)Nc1ccccc1C. The van der Waals surface area contributed by atoms with Gasteiger partial charge in [0.15, 0.2) is 0 Å². The maximum atomic E-state index is 12.4. The second-order valence-electron chi connectivity index (χ2n) is 6.88. The Morgan fingerprint density at radius 2 is 1.38 bits per heavy atom. The van der Waals surface area contributed by atoms with Gasteiger partial charge in [0, 0.05) is 24.0 Å². The predicted molar refractivity (Wildman–Crippen MR) is 116 cm³/mol. The van der Waals surface area contributed by atoms with Crippen LogP contribution in [0.1, 0.15) is 25.8 Å². The quantitative estimate of drug-likeness (QED) is 0.607. The van der Waals surface area contributed by atoms with E-state index in [1.807, 2.05) is 43.0 Å². The molecule has 0 aliphatic heterocycles. The van der Waals surface area contributed by atoms with Gasteiger partial charge in [-0.15, -0.1) is 0 Å². The molecule has 0 saturated carbocycles. The van der Waals surface area contributed by atoms with Gasteiger partial charge in [-0.1, -0.05) is 25.1 Å². The summed E-state index contributed by atoms with van der Waals surface area (Å²) in [5, 5.41) is 8.39. The summed E-state index contributed by atoms with van der Waals surface area (Å²) in [6, 6.07) is 14.5. The van der Waals surface area contributed by atoms with Gasteiger partial charge in [0.25, 0.3) is 0 Å². The highest BCUT2D eigenvalue weighted by molar-refractivity contribution is 5.95. The van der Waals surface area contributed by atoms with E-state index in [0.29, 0.717) is 17.9 Å². The zero-order valence-corrected chi connectivity index (χ0v) is 17.1. The highest BCUT2D eigenvalue weighted by atomic mass is 16.2. The number of anilines is 3. The number of benzene rings is 2. The molecule has 154 valence electrons. The van der Waals surface area contributed by atoms with Gasteiger partial charge in [-0.3, -0.25) is 19.3 Å². The Labute approximate surface area is 171 Å². The zero-order chi connectivity index (χ0) is 21.2. The Morgan fingerprint density at radius 3 is 1.93 bits per heavy atom. The summed E-state index contributed by atoms with van der Waals surface area (Å²) < 4.78 is 0. The van der Waals surface area contributed by atoms with E-state index in [-0.39, 0.29) is 30.8 Å². The van der Waals surface area contributed by atoms with E-state index in [1.54, 1.807) is 24.3 Å². The highest BCUT2D eigenvalue weighted by Crippen LogP contribution is 2.14. The van der Waals surface area contributed by atoms with E-state index in [2.05, 4.69) is 16.0 Å². The maximum Gasteiger partial charge on any atom is 0.238 e. The second kappa shape index (κ2) is 11.0. The fourth-order valence-corrected chi connectivity index (χ4v) is 2.88. The van der Waals surface area contributed by atoms with Crippen molar-refractivity contribution in [3.05, 3.63) is 54.1 Å². The van der Waals surface area contributed by atoms with E-state index >= 15 is 0 Å². The Bertz CT molecular complexity index is 849. The van der Waals surface area contributed by atoms with E-state index in [9.17, 15) is 14.4 Å². The van der Waals surface area contributed by atoms with Crippen molar-refractivity contribution in [1.29, 1.82) is 0 Å². The number of hydrogen-bond donors (Lipinski definition) is 3. The molecule has 0 unspecified atom stereocenters. The van der Waals surface area contributed by atoms with E-state index < -0.39 is 0 Å². The Morgan fingerprint density at radius 1 is 0.828 bits per heavy atom. The Kier molecular flexibility index (Phi) is 8.36. The average Bonchev–Trinajstić information content (AvgIpc) is 2.65. The molecule has 3 amide bonds. The number of nitrogens with zero attached hydrogens (tertiary/aromatic N) is 1. The van der Waals surface area contributed by atoms with Crippen molar-refractivity contribution in [1.82, 2.24) is 4.90 Å². The molecule has 0 aromatic heterocycles. The first-order valence-corrected chi connectivity index (χ1v) is 9.62. The molecule has 0 fully saturated rings. The molecule has 2 rings (SSSR count). The molecular formula is C22H28N4O3. The Hall–Kier alpha value is -3.19. The topological polar surface area (TPSA) is 90.5 Å². The molecule has 0 radical (unpaired) electrons. The van der Waals surface area contributed by atoms with Crippen molar-refractivity contribution in [3.8, 4) is 0 Å². The lowest BCUT2D eigenvalue weighted by Gasteiger charge is -2.21. The first-order chi connectivity index (χ1) is 13.9. The van der Waals surface area contributed by atoms with Crippen LogP contribution in [0.5, 0.6) is 0 Å². The smallest absolute Gasteiger partial charge is 0.238 e. The minimum atomic E-state index is -0.200. The summed E-state index contributed by atoms with van der Waals surface area (Å²) in [6.07, 6.45) is 0.830. The van der Waals surface area contributed by atoms with Crippen molar-refractivity contribution in [2.45, 2.75) is 27.2 Å². The average molecular weight is 396 g/mol. The third-order valence-corrected chi connectivity index (χ3v) is 4.18. The van der Waals surface area contributed by atoms with Gasteiger partial charge < -0.3 is 16.0 Å². The molecule has 2 aromatic carbocycles. The van der Waals surface area contributed by atoms with Gasteiger partial charge in [0.05, 0.1) is 13.1 Å². The van der Waals surface area contributed by atoms with Gasteiger partial charge in [-0.05, 0) is 55.8 Å². The van der Waals surface area contributed by atoms with Crippen LogP contribution in [-0.2, 0) is 14.4 Å². The number of aryl methyl sites for hydroxylation is 1. The lowest BCUT2D eigenvalue weighted by atomic mass is 10.2. The predicted octanol–water partition coefficient (Wildman–Crippen LogP) is 3.24. The summed E-state index contributed by atoms with van der Waals surface area (Å²) in [5.74, 6) is -0.504.